The van der Waals surface area contributed by atoms with Crippen LogP contribution in [0.1, 0.15) is 26.3 Å². The van der Waals surface area contributed by atoms with Crippen LogP contribution in [0.15, 0.2) is 121 Å². The summed E-state index contributed by atoms with van der Waals surface area (Å²) >= 11 is 0. The number of carbonyl (C=O) groups excluding carboxylic acids is 2. The van der Waals surface area contributed by atoms with E-state index in [1.165, 1.54) is 24.3 Å². The van der Waals surface area contributed by atoms with Gasteiger partial charge < -0.3 is 10.6 Å². The van der Waals surface area contributed by atoms with Gasteiger partial charge in [0.15, 0.2) is 0 Å². The van der Waals surface area contributed by atoms with Gasteiger partial charge in [0.05, 0.1) is 5.56 Å². The van der Waals surface area contributed by atoms with Gasteiger partial charge >= 0.3 is 6.18 Å². The van der Waals surface area contributed by atoms with Crippen molar-refractivity contribution in [1.29, 1.82) is 0 Å². The van der Waals surface area contributed by atoms with Gasteiger partial charge in [0.2, 0.25) is 6.93 Å². The van der Waals surface area contributed by atoms with E-state index in [9.17, 15) is 35.9 Å². The SMILES string of the molecule is CNCCSSCCNC(=O)c1ccc2c(-c3ccc(F)cc3)cccc2c1.FCF.O=Cc1ccc2c(-c3ccc(C(F)(F)F)cc3)cccc2c1. The monoisotopic (exact) mass is 766 g/mol. The predicted molar refractivity (Wildman–Crippen MR) is 207 cm³/mol. The van der Waals surface area contributed by atoms with Crippen molar-refractivity contribution in [2.75, 3.05) is 38.6 Å². The highest BCUT2D eigenvalue weighted by molar-refractivity contribution is 8.76. The summed E-state index contributed by atoms with van der Waals surface area (Å²) in [5, 5.41) is 9.89. The molecule has 0 radical (unpaired) electrons. The van der Waals surface area contributed by atoms with Crippen LogP contribution in [0.4, 0.5) is 26.3 Å². The minimum absolute atomic E-state index is 0.0603. The Morgan fingerprint density at radius 3 is 1.77 bits per heavy atom. The maximum absolute atomic E-state index is 13.2. The van der Waals surface area contributed by atoms with Crippen molar-refractivity contribution in [3.8, 4) is 22.3 Å². The minimum atomic E-state index is -4.34. The number of fused-ring (bicyclic) bond motifs is 2. The molecule has 0 spiro atoms. The van der Waals surface area contributed by atoms with Gasteiger partial charge in [0, 0.05) is 35.7 Å². The van der Waals surface area contributed by atoms with Crippen molar-refractivity contribution < 1.29 is 35.9 Å². The number of amides is 1. The van der Waals surface area contributed by atoms with Gasteiger partial charge in [0.1, 0.15) is 12.1 Å². The summed E-state index contributed by atoms with van der Waals surface area (Å²) < 4.78 is 70.3. The fourth-order valence-electron chi connectivity index (χ4n) is 5.34. The van der Waals surface area contributed by atoms with Crippen molar-refractivity contribution in [2.45, 2.75) is 6.18 Å². The predicted octanol–water partition coefficient (Wildman–Crippen LogP) is 11.2. The molecule has 0 unspecified atom stereocenters. The van der Waals surface area contributed by atoms with E-state index in [4.69, 9.17) is 0 Å². The van der Waals surface area contributed by atoms with Gasteiger partial charge in [-0.05, 0) is 93.3 Å². The first-order chi connectivity index (χ1) is 25.6. The van der Waals surface area contributed by atoms with Crippen LogP contribution >= 0.6 is 21.6 Å². The fraction of sp³-hybridized carbons (Fsp3) is 0.171. The quantitative estimate of drug-likeness (QED) is 0.0595. The van der Waals surface area contributed by atoms with Crippen LogP contribution in [0.2, 0.25) is 0 Å². The molecule has 12 heteroatoms. The molecule has 6 aromatic carbocycles. The average Bonchev–Trinajstić information content (AvgIpc) is 3.17. The fourth-order valence-corrected chi connectivity index (χ4v) is 7.26. The number of hydrogen-bond acceptors (Lipinski definition) is 5. The van der Waals surface area contributed by atoms with Gasteiger partial charge in [0.25, 0.3) is 5.91 Å². The molecule has 6 aromatic rings. The standard InChI is InChI=1S/C22H23FN2OS2.C18H11F3O.CH2F2/c1-24-11-13-27-28-14-12-25-22(26)18-7-10-21-17(15-18)3-2-4-20(21)16-5-8-19(23)9-6-16;19-18(20,21)15-7-5-13(6-8-15)16-3-1-2-14-10-12(11-22)4-9-17(14)16;2-1-3/h2-10,15,24H,11-14H2,1H3,(H,25,26);1-11H;1H2. The summed E-state index contributed by atoms with van der Waals surface area (Å²) in [5.41, 5.74) is 4.07. The first-order valence-corrected chi connectivity index (χ1v) is 18.8. The normalized spacial score (nSPS) is 10.9. The zero-order chi connectivity index (χ0) is 38.2. The van der Waals surface area contributed by atoms with E-state index in [2.05, 4.69) is 10.6 Å². The highest BCUT2D eigenvalue weighted by Crippen LogP contribution is 2.34. The van der Waals surface area contributed by atoms with Crippen LogP contribution in [-0.4, -0.2) is 50.8 Å². The average molecular weight is 767 g/mol. The Hall–Kier alpha value is -4.78. The lowest BCUT2D eigenvalue weighted by molar-refractivity contribution is -0.137. The lowest BCUT2D eigenvalue weighted by Gasteiger charge is -2.10. The highest BCUT2D eigenvalue weighted by Gasteiger charge is 2.30. The molecule has 0 aromatic heterocycles. The van der Waals surface area contributed by atoms with E-state index in [0.717, 1.165) is 74.7 Å². The van der Waals surface area contributed by atoms with Gasteiger partial charge in [-0.3, -0.25) is 9.59 Å². The molecule has 4 nitrogen and oxygen atoms in total. The van der Waals surface area contributed by atoms with Crippen molar-refractivity contribution in [3.05, 3.63) is 144 Å². The highest BCUT2D eigenvalue weighted by atomic mass is 33.1. The lowest BCUT2D eigenvalue weighted by Crippen LogP contribution is -2.25. The first kappa shape index (κ1) is 41.0. The van der Waals surface area contributed by atoms with Crippen molar-refractivity contribution >= 4 is 55.3 Å². The molecule has 53 heavy (non-hydrogen) atoms. The Labute approximate surface area is 311 Å². The lowest BCUT2D eigenvalue weighted by atomic mass is 9.96. The minimum Gasteiger partial charge on any atom is -0.351 e. The first-order valence-electron chi connectivity index (χ1n) is 16.3. The zero-order valence-corrected chi connectivity index (χ0v) is 30.2. The number of halogens is 6. The third kappa shape index (κ3) is 11.9. The topological polar surface area (TPSA) is 58.2 Å². The van der Waals surface area contributed by atoms with Crippen LogP contribution in [0.25, 0.3) is 43.8 Å². The van der Waals surface area contributed by atoms with E-state index >= 15 is 0 Å². The Morgan fingerprint density at radius 1 is 0.698 bits per heavy atom. The molecule has 0 aliphatic heterocycles. The molecule has 0 bridgehead atoms. The third-order valence-corrected chi connectivity index (χ3v) is 10.3. The molecule has 2 N–H and O–H groups in total. The maximum Gasteiger partial charge on any atom is 0.416 e. The van der Waals surface area contributed by atoms with Gasteiger partial charge in [-0.2, -0.15) is 13.2 Å². The number of hydrogen-bond donors (Lipinski definition) is 2. The molecule has 0 aliphatic carbocycles. The van der Waals surface area contributed by atoms with E-state index in [-0.39, 0.29) is 11.7 Å². The van der Waals surface area contributed by atoms with Crippen LogP contribution in [0.3, 0.4) is 0 Å². The molecule has 6 rings (SSSR count). The van der Waals surface area contributed by atoms with E-state index in [1.54, 1.807) is 45.9 Å². The Morgan fingerprint density at radius 2 is 1.23 bits per heavy atom. The second-order valence-electron chi connectivity index (χ2n) is 11.3. The molecule has 0 saturated carbocycles. The second-order valence-corrected chi connectivity index (χ2v) is 14.0. The van der Waals surface area contributed by atoms with E-state index in [0.29, 0.717) is 23.2 Å². The molecule has 0 saturated heterocycles. The van der Waals surface area contributed by atoms with Crippen LogP contribution < -0.4 is 10.6 Å². The summed E-state index contributed by atoms with van der Waals surface area (Å²) in [6.07, 6.45) is -3.57. The van der Waals surface area contributed by atoms with Crippen molar-refractivity contribution in [2.24, 2.45) is 0 Å². The smallest absolute Gasteiger partial charge is 0.351 e. The second kappa shape index (κ2) is 20.5. The summed E-state index contributed by atoms with van der Waals surface area (Å²) in [6.45, 7) is -0.120. The maximum atomic E-state index is 13.2. The Bertz CT molecular complexity index is 2090. The third-order valence-electron chi connectivity index (χ3n) is 7.85. The molecular weight excluding hydrogens is 731 g/mol. The van der Waals surface area contributed by atoms with E-state index in [1.807, 2.05) is 67.7 Å². The summed E-state index contributed by atoms with van der Waals surface area (Å²) in [4.78, 5) is 23.3. The van der Waals surface area contributed by atoms with Gasteiger partial charge in [-0.15, -0.1) is 0 Å². The number of nitrogens with one attached hydrogen (secondary N) is 2. The number of rotatable bonds is 11. The van der Waals surface area contributed by atoms with Crippen molar-refractivity contribution in [1.82, 2.24) is 10.6 Å². The van der Waals surface area contributed by atoms with E-state index < -0.39 is 18.7 Å². The number of benzene rings is 6. The largest absolute Gasteiger partial charge is 0.416 e. The molecule has 0 heterocycles. The Kier molecular flexibility index (Phi) is 15.8. The number of alkyl halides is 5. The number of aldehydes is 1. The van der Waals surface area contributed by atoms with Crippen LogP contribution in [0, 0.1) is 5.82 Å². The molecule has 0 aliphatic rings. The van der Waals surface area contributed by atoms with Crippen LogP contribution in [0.5, 0.6) is 0 Å². The summed E-state index contributed by atoms with van der Waals surface area (Å²) in [6, 6.07) is 34.1. The summed E-state index contributed by atoms with van der Waals surface area (Å²) in [7, 11) is 5.52. The molecule has 1 amide bonds. The molecular formula is C41H36F6N2O2S2. The van der Waals surface area contributed by atoms with Gasteiger partial charge in [-0.1, -0.05) is 100 Å². The Balaban J connectivity index is 0.000000226. The zero-order valence-electron chi connectivity index (χ0n) is 28.6. The number of carbonyl (C=O) groups is 2. The summed E-state index contributed by atoms with van der Waals surface area (Å²) in [5.74, 6) is 1.62. The molecule has 276 valence electrons. The van der Waals surface area contributed by atoms with Crippen molar-refractivity contribution in [3.63, 3.8) is 0 Å². The molecule has 0 atom stereocenters. The molecule has 0 fully saturated rings. The van der Waals surface area contributed by atoms with Crippen LogP contribution in [-0.2, 0) is 6.18 Å². The van der Waals surface area contributed by atoms with Gasteiger partial charge in [-0.25, -0.2) is 13.2 Å².